The highest BCUT2D eigenvalue weighted by Crippen LogP contribution is 2.22. The van der Waals surface area contributed by atoms with E-state index in [0.717, 1.165) is 19.3 Å². The maximum Gasteiger partial charge on any atom is 0.225 e. The summed E-state index contributed by atoms with van der Waals surface area (Å²) in [6, 6.07) is 0.431. The highest BCUT2D eigenvalue weighted by atomic mass is 16.2. The molecular formula is C16H30N2O2. The van der Waals surface area contributed by atoms with Gasteiger partial charge in [0, 0.05) is 31.5 Å². The molecule has 116 valence electrons. The van der Waals surface area contributed by atoms with Crippen molar-refractivity contribution >= 4 is 11.8 Å². The third kappa shape index (κ3) is 5.51. The fourth-order valence-corrected chi connectivity index (χ4v) is 2.56. The Bertz CT molecular complexity index is 328. The molecule has 20 heavy (non-hydrogen) atoms. The molecule has 1 rings (SSSR count). The molecule has 1 N–H and O–H groups in total. The number of hydrogen-bond acceptors (Lipinski definition) is 2. The van der Waals surface area contributed by atoms with Gasteiger partial charge in [0.25, 0.3) is 0 Å². The summed E-state index contributed by atoms with van der Waals surface area (Å²) in [7, 11) is 1.92. The fourth-order valence-electron chi connectivity index (χ4n) is 2.56. The van der Waals surface area contributed by atoms with Gasteiger partial charge in [-0.15, -0.1) is 0 Å². The van der Waals surface area contributed by atoms with Crippen LogP contribution in [0, 0.1) is 5.41 Å². The van der Waals surface area contributed by atoms with Crippen LogP contribution in [0.2, 0.25) is 0 Å². The Morgan fingerprint density at radius 2 is 1.75 bits per heavy atom. The predicted molar refractivity (Wildman–Crippen MR) is 81.3 cm³/mol. The van der Waals surface area contributed by atoms with Crippen molar-refractivity contribution in [3.05, 3.63) is 0 Å². The molecule has 2 amide bonds. The van der Waals surface area contributed by atoms with Crippen molar-refractivity contribution < 1.29 is 9.59 Å². The van der Waals surface area contributed by atoms with Crippen LogP contribution < -0.4 is 5.32 Å². The van der Waals surface area contributed by atoms with Gasteiger partial charge in [-0.1, -0.05) is 40.0 Å². The van der Waals surface area contributed by atoms with E-state index in [9.17, 15) is 9.59 Å². The SMILES string of the molecule is CN(C(=O)CCCNC(=O)C(C)(C)C)C1CCCCC1. The molecule has 0 saturated heterocycles. The molecule has 0 aliphatic heterocycles. The largest absolute Gasteiger partial charge is 0.356 e. The van der Waals surface area contributed by atoms with E-state index in [2.05, 4.69) is 5.32 Å². The highest BCUT2D eigenvalue weighted by molar-refractivity contribution is 5.81. The van der Waals surface area contributed by atoms with Crippen molar-refractivity contribution in [1.29, 1.82) is 0 Å². The Morgan fingerprint density at radius 1 is 1.15 bits per heavy atom. The quantitative estimate of drug-likeness (QED) is 0.788. The van der Waals surface area contributed by atoms with E-state index >= 15 is 0 Å². The molecule has 0 aromatic rings. The number of hydrogen-bond donors (Lipinski definition) is 1. The summed E-state index contributed by atoms with van der Waals surface area (Å²) in [6.45, 7) is 6.26. The van der Waals surface area contributed by atoms with Crippen LogP contribution in [-0.4, -0.2) is 36.3 Å². The molecule has 0 unspecified atom stereocenters. The zero-order valence-electron chi connectivity index (χ0n) is 13.5. The van der Waals surface area contributed by atoms with Crippen LogP contribution in [0.15, 0.2) is 0 Å². The number of nitrogens with zero attached hydrogens (tertiary/aromatic N) is 1. The average Bonchev–Trinajstić information content (AvgIpc) is 2.42. The molecule has 1 aliphatic rings. The van der Waals surface area contributed by atoms with Crippen LogP contribution in [0.4, 0.5) is 0 Å². The number of carbonyl (C=O) groups is 2. The van der Waals surface area contributed by atoms with Crippen molar-refractivity contribution in [3.8, 4) is 0 Å². The van der Waals surface area contributed by atoms with Gasteiger partial charge in [0.1, 0.15) is 0 Å². The molecule has 0 aromatic carbocycles. The molecule has 0 spiro atoms. The predicted octanol–water partition coefficient (Wildman–Crippen LogP) is 2.72. The average molecular weight is 282 g/mol. The minimum absolute atomic E-state index is 0.0468. The van der Waals surface area contributed by atoms with Gasteiger partial charge >= 0.3 is 0 Å². The molecule has 4 heteroatoms. The standard InChI is InChI=1S/C16H30N2O2/c1-16(2,3)15(20)17-12-8-11-14(19)18(4)13-9-6-5-7-10-13/h13H,5-12H2,1-4H3,(H,17,20). The Balaban J connectivity index is 2.21. The van der Waals surface area contributed by atoms with Gasteiger partial charge in [0.05, 0.1) is 0 Å². The summed E-state index contributed by atoms with van der Waals surface area (Å²) >= 11 is 0. The normalized spacial score (nSPS) is 16.8. The van der Waals surface area contributed by atoms with E-state index in [4.69, 9.17) is 0 Å². The number of rotatable bonds is 5. The minimum Gasteiger partial charge on any atom is -0.356 e. The minimum atomic E-state index is -0.358. The van der Waals surface area contributed by atoms with Gasteiger partial charge in [-0.2, -0.15) is 0 Å². The van der Waals surface area contributed by atoms with E-state index in [1.165, 1.54) is 19.3 Å². The monoisotopic (exact) mass is 282 g/mol. The van der Waals surface area contributed by atoms with Gasteiger partial charge in [-0.25, -0.2) is 0 Å². The van der Waals surface area contributed by atoms with Crippen molar-refractivity contribution in [1.82, 2.24) is 10.2 Å². The fraction of sp³-hybridized carbons (Fsp3) is 0.875. The van der Waals surface area contributed by atoms with Crippen LogP contribution in [0.25, 0.3) is 0 Å². The zero-order valence-corrected chi connectivity index (χ0v) is 13.5. The van der Waals surface area contributed by atoms with E-state index in [1.54, 1.807) is 0 Å². The molecule has 1 aliphatic carbocycles. The second-order valence-corrected chi connectivity index (χ2v) is 6.91. The molecule has 1 saturated carbocycles. The van der Waals surface area contributed by atoms with Crippen molar-refractivity contribution in [2.75, 3.05) is 13.6 Å². The van der Waals surface area contributed by atoms with E-state index in [1.807, 2.05) is 32.7 Å². The molecule has 4 nitrogen and oxygen atoms in total. The lowest BCUT2D eigenvalue weighted by atomic mass is 9.94. The molecule has 0 radical (unpaired) electrons. The van der Waals surface area contributed by atoms with Gasteiger partial charge in [-0.05, 0) is 19.3 Å². The van der Waals surface area contributed by atoms with Crippen molar-refractivity contribution in [2.45, 2.75) is 71.8 Å². The van der Waals surface area contributed by atoms with E-state index in [0.29, 0.717) is 19.0 Å². The van der Waals surface area contributed by atoms with E-state index in [-0.39, 0.29) is 17.2 Å². The summed E-state index contributed by atoms with van der Waals surface area (Å²) < 4.78 is 0. The van der Waals surface area contributed by atoms with Gasteiger partial charge in [0.15, 0.2) is 0 Å². The van der Waals surface area contributed by atoms with Crippen LogP contribution in [0.3, 0.4) is 0 Å². The van der Waals surface area contributed by atoms with Gasteiger partial charge in [-0.3, -0.25) is 9.59 Å². The number of carbonyl (C=O) groups excluding carboxylic acids is 2. The van der Waals surface area contributed by atoms with Gasteiger partial charge < -0.3 is 10.2 Å². The first-order valence-corrected chi connectivity index (χ1v) is 7.86. The molecule has 0 atom stereocenters. The van der Waals surface area contributed by atoms with Crippen LogP contribution >= 0.6 is 0 Å². The molecule has 0 heterocycles. The van der Waals surface area contributed by atoms with Crippen LogP contribution in [-0.2, 0) is 9.59 Å². The molecule has 1 fully saturated rings. The Labute approximate surface area is 123 Å². The number of nitrogens with one attached hydrogen (secondary N) is 1. The highest BCUT2D eigenvalue weighted by Gasteiger charge is 2.22. The maximum atomic E-state index is 12.1. The lowest BCUT2D eigenvalue weighted by molar-refractivity contribution is -0.133. The third-order valence-electron chi connectivity index (χ3n) is 4.05. The smallest absolute Gasteiger partial charge is 0.225 e. The van der Waals surface area contributed by atoms with Crippen LogP contribution in [0.5, 0.6) is 0 Å². The van der Waals surface area contributed by atoms with Crippen molar-refractivity contribution in [2.24, 2.45) is 5.41 Å². The topological polar surface area (TPSA) is 49.4 Å². The molecule has 0 bridgehead atoms. The first-order chi connectivity index (χ1) is 9.32. The van der Waals surface area contributed by atoms with Crippen LogP contribution in [0.1, 0.15) is 65.7 Å². The summed E-state index contributed by atoms with van der Waals surface area (Å²) in [6.07, 6.45) is 7.31. The lowest BCUT2D eigenvalue weighted by Crippen LogP contribution is -2.39. The van der Waals surface area contributed by atoms with E-state index < -0.39 is 0 Å². The maximum absolute atomic E-state index is 12.1. The second-order valence-electron chi connectivity index (χ2n) is 6.91. The first-order valence-electron chi connectivity index (χ1n) is 7.86. The number of amides is 2. The van der Waals surface area contributed by atoms with Gasteiger partial charge in [0.2, 0.25) is 11.8 Å². The Kier molecular flexibility index (Phi) is 6.50. The zero-order chi connectivity index (χ0) is 15.2. The lowest BCUT2D eigenvalue weighted by Gasteiger charge is -2.31. The molecular weight excluding hydrogens is 252 g/mol. The first kappa shape index (κ1) is 17.0. The summed E-state index contributed by atoms with van der Waals surface area (Å²) in [4.78, 5) is 25.7. The second kappa shape index (κ2) is 7.65. The molecule has 0 aromatic heterocycles. The summed E-state index contributed by atoms with van der Waals surface area (Å²) in [5, 5.41) is 2.89. The third-order valence-corrected chi connectivity index (χ3v) is 4.05. The van der Waals surface area contributed by atoms with Crippen molar-refractivity contribution in [3.63, 3.8) is 0 Å². The summed E-state index contributed by atoms with van der Waals surface area (Å²) in [5.41, 5.74) is -0.358. The Hall–Kier alpha value is -1.06. The Morgan fingerprint density at radius 3 is 2.30 bits per heavy atom. The summed E-state index contributed by atoms with van der Waals surface area (Å²) in [5.74, 6) is 0.257.